The molecule has 1 aromatic carbocycles. The van der Waals surface area contributed by atoms with Crippen LogP contribution in [-0.2, 0) is 4.79 Å². The van der Waals surface area contributed by atoms with Crippen molar-refractivity contribution >= 4 is 40.8 Å². The molecule has 0 N–H and O–H groups in total. The number of carbonyl (C=O) groups excluding carboxylic acids is 1. The summed E-state index contributed by atoms with van der Waals surface area (Å²) in [6.45, 7) is 12.3. The van der Waals surface area contributed by atoms with E-state index in [-0.39, 0.29) is 17.5 Å². The fourth-order valence-corrected chi connectivity index (χ4v) is 4.76. The maximum atomic E-state index is 13.4. The van der Waals surface area contributed by atoms with Gasteiger partial charge in [-0.3, -0.25) is 19.6 Å². The molecule has 0 aliphatic carbocycles. The Kier molecular flexibility index (Phi) is 5.44. The molecule has 1 atom stereocenters. The molecular weight excluding hydrogens is 366 g/mol. The van der Waals surface area contributed by atoms with Gasteiger partial charge in [0.1, 0.15) is 5.84 Å². The van der Waals surface area contributed by atoms with Crippen molar-refractivity contribution in [2.75, 3.05) is 29.5 Å². The van der Waals surface area contributed by atoms with Crippen molar-refractivity contribution in [3.05, 3.63) is 29.3 Å². The highest BCUT2D eigenvalue weighted by molar-refractivity contribution is 7.99. The summed E-state index contributed by atoms with van der Waals surface area (Å²) in [5.41, 5.74) is 0.0549. The van der Waals surface area contributed by atoms with E-state index in [2.05, 4.69) is 39.5 Å². The number of aliphatic imine (C=N–C) groups is 1. The van der Waals surface area contributed by atoms with Gasteiger partial charge in [-0.05, 0) is 58.9 Å². The number of amidine groups is 1. The molecule has 0 saturated carbocycles. The standard InChI is InChI=1S/C20H28ClN3OS/c1-19(2,3)22-17-16(23-10-12-26-13-11-23)20(4,5)18(25)24(17)15-8-6-14(21)7-9-15/h6-9,16H,10-13H2,1-5H3/t16-/m0/s1. The summed E-state index contributed by atoms with van der Waals surface area (Å²) in [7, 11) is 0. The zero-order valence-corrected chi connectivity index (χ0v) is 17.8. The molecule has 2 heterocycles. The molecule has 2 fully saturated rings. The number of anilines is 1. The van der Waals surface area contributed by atoms with Crippen molar-refractivity contribution in [3.63, 3.8) is 0 Å². The average Bonchev–Trinajstić information content (AvgIpc) is 2.74. The average molecular weight is 394 g/mol. The van der Waals surface area contributed by atoms with Gasteiger partial charge in [0.25, 0.3) is 0 Å². The number of halogens is 1. The lowest BCUT2D eigenvalue weighted by Crippen LogP contribution is -2.51. The first-order valence-electron chi connectivity index (χ1n) is 9.13. The van der Waals surface area contributed by atoms with Gasteiger partial charge in [0, 0.05) is 29.6 Å². The molecule has 0 unspecified atom stereocenters. The van der Waals surface area contributed by atoms with Crippen LogP contribution in [0.3, 0.4) is 0 Å². The Balaban J connectivity index is 2.11. The van der Waals surface area contributed by atoms with E-state index >= 15 is 0 Å². The fraction of sp³-hybridized carbons (Fsp3) is 0.600. The van der Waals surface area contributed by atoms with E-state index in [0.29, 0.717) is 5.02 Å². The molecule has 0 bridgehead atoms. The van der Waals surface area contributed by atoms with Crippen LogP contribution in [0.2, 0.25) is 5.02 Å². The van der Waals surface area contributed by atoms with Crippen molar-refractivity contribution in [2.45, 2.75) is 46.2 Å². The second-order valence-corrected chi connectivity index (χ2v) is 10.2. The minimum absolute atomic E-state index is 0.00852. The Morgan fingerprint density at radius 1 is 1.15 bits per heavy atom. The van der Waals surface area contributed by atoms with Crippen LogP contribution in [0, 0.1) is 5.41 Å². The van der Waals surface area contributed by atoms with Crippen LogP contribution in [0.5, 0.6) is 0 Å². The highest BCUT2D eigenvalue weighted by Crippen LogP contribution is 2.40. The first-order chi connectivity index (χ1) is 12.1. The summed E-state index contributed by atoms with van der Waals surface area (Å²) in [4.78, 5) is 22.7. The summed E-state index contributed by atoms with van der Waals surface area (Å²) in [6.07, 6.45) is 0. The van der Waals surface area contributed by atoms with Crippen LogP contribution in [0.4, 0.5) is 5.69 Å². The third-order valence-electron chi connectivity index (χ3n) is 4.86. The van der Waals surface area contributed by atoms with Crippen LogP contribution in [0.25, 0.3) is 0 Å². The van der Waals surface area contributed by atoms with Gasteiger partial charge >= 0.3 is 0 Å². The zero-order valence-electron chi connectivity index (χ0n) is 16.3. The van der Waals surface area contributed by atoms with E-state index < -0.39 is 5.41 Å². The summed E-state index contributed by atoms with van der Waals surface area (Å²) >= 11 is 8.04. The number of hydrogen-bond donors (Lipinski definition) is 0. The number of benzene rings is 1. The van der Waals surface area contributed by atoms with Gasteiger partial charge in [-0.25, -0.2) is 0 Å². The normalized spacial score (nSPS) is 25.9. The van der Waals surface area contributed by atoms with Crippen LogP contribution < -0.4 is 4.90 Å². The van der Waals surface area contributed by atoms with E-state index in [9.17, 15) is 4.79 Å². The van der Waals surface area contributed by atoms with E-state index in [1.807, 2.05) is 40.9 Å². The number of rotatable bonds is 2. The molecule has 142 valence electrons. The van der Waals surface area contributed by atoms with Crippen LogP contribution in [0.15, 0.2) is 29.3 Å². The van der Waals surface area contributed by atoms with Gasteiger partial charge in [-0.2, -0.15) is 11.8 Å². The Labute approximate surface area is 166 Å². The molecule has 0 spiro atoms. The Morgan fingerprint density at radius 2 is 1.73 bits per heavy atom. The van der Waals surface area contributed by atoms with Crippen molar-refractivity contribution in [1.29, 1.82) is 0 Å². The predicted molar refractivity (Wildman–Crippen MR) is 113 cm³/mol. The monoisotopic (exact) mass is 393 g/mol. The van der Waals surface area contributed by atoms with Crippen molar-refractivity contribution in [1.82, 2.24) is 4.90 Å². The molecule has 2 saturated heterocycles. The Morgan fingerprint density at radius 3 is 2.27 bits per heavy atom. The van der Waals surface area contributed by atoms with Crippen LogP contribution >= 0.6 is 23.4 Å². The molecule has 1 aromatic rings. The maximum absolute atomic E-state index is 13.4. The highest BCUT2D eigenvalue weighted by atomic mass is 35.5. The van der Waals surface area contributed by atoms with Gasteiger partial charge in [0.15, 0.2) is 0 Å². The molecule has 26 heavy (non-hydrogen) atoms. The van der Waals surface area contributed by atoms with E-state index in [0.717, 1.165) is 36.1 Å². The first-order valence-corrected chi connectivity index (χ1v) is 10.7. The summed E-state index contributed by atoms with van der Waals surface area (Å²) < 4.78 is 0. The minimum Gasteiger partial charge on any atom is -0.291 e. The smallest absolute Gasteiger partial charge is 0.240 e. The SMILES string of the molecule is CC(C)(C)N=C1[C@H](N2CCSCC2)C(C)(C)C(=O)N1c1ccc(Cl)cc1. The Bertz CT molecular complexity index is 703. The molecule has 2 aliphatic heterocycles. The van der Waals surface area contributed by atoms with E-state index in [1.165, 1.54) is 0 Å². The predicted octanol–water partition coefficient (Wildman–Crippen LogP) is 4.33. The zero-order chi connectivity index (χ0) is 19.1. The minimum atomic E-state index is -0.522. The first kappa shape index (κ1) is 19.7. The highest BCUT2D eigenvalue weighted by Gasteiger charge is 2.55. The summed E-state index contributed by atoms with van der Waals surface area (Å²) in [5.74, 6) is 3.17. The summed E-state index contributed by atoms with van der Waals surface area (Å²) in [6, 6.07) is 7.46. The van der Waals surface area contributed by atoms with Gasteiger partial charge in [-0.15, -0.1) is 0 Å². The van der Waals surface area contributed by atoms with Gasteiger partial charge in [-0.1, -0.05) is 11.6 Å². The maximum Gasteiger partial charge on any atom is 0.240 e. The number of amides is 1. The summed E-state index contributed by atoms with van der Waals surface area (Å²) in [5, 5.41) is 0.665. The topological polar surface area (TPSA) is 35.9 Å². The quantitative estimate of drug-likeness (QED) is 0.750. The van der Waals surface area contributed by atoms with Crippen molar-refractivity contribution in [3.8, 4) is 0 Å². The molecular formula is C20H28ClN3OS. The third kappa shape index (κ3) is 3.80. The lowest BCUT2D eigenvalue weighted by molar-refractivity contribution is -0.125. The second-order valence-electron chi connectivity index (χ2n) is 8.53. The molecule has 1 amide bonds. The van der Waals surface area contributed by atoms with E-state index in [4.69, 9.17) is 16.6 Å². The third-order valence-corrected chi connectivity index (χ3v) is 6.05. The molecule has 0 aromatic heterocycles. The van der Waals surface area contributed by atoms with Crippen LogP contribution in [0.1, 0.15) is 34.6 Å². The number of thioether (sulfide) groups is 1. The van der Waals surface area contributed by atoms with Crippen molar-refractivity contribution < 1.29 is 4.79 Å². The fourth-order valence-electron chi connectivity index (χ4n) is 3.70. The molecule has 2 aliphatic rings. The number of hydrogen-bond acceptors (Lipinski definition) is 4. The van der Waals surface area contributed by atoms with Crippen molar-refractivity contribution in [2.24, 2.45) is 10.4 Å². The van der Waals surface area contributed by atoms with E-state index in [1.54, 1.807) is 0 Å². The van der Waals surface area contributed by atoms with Gasteiger partial charge < -0.3 is 0 Å². The number of carbonyl (C=O) groups is 1. The molecule has 3 rings (SSSR count). The van der Waals surface area contributed by atoms with Crippen LogP contribution in [-0.4, -0.2) is 52.8 Å². The lowest BCUT2D eigenvalue weighted by Gasteiger charge is -2.37. The molecule has 4 nitrogen and oxygen atoms in total. The second kappa shape index (κ2) is 7.17. The van der Waals surface area contributed by atoms with Gasteiger partial charge in [0.2, 0.25) is 5.91 Å². The molecule has 0 radical (unpaired) electrons. The largest absolute Gasteiger partial charge is 0.291 e. The molecule has 6 heteroatoms. The lowest BCUT2D eigenvalue weighted by atomic mass is 9.85. The van der Waals surface area contributed by atoms with Gasteiger partial charge in [0.05, 0.1) is 22.7 Å². The Hall–Kier alpha value is -1.04. The number of nitrogens with zero attached hydrogens (tertiary/aromatic N) is 3.